The minimum atomic E-state index is 0.0585. The first-order chi connectivity index (χ1) is 9.83. The Morgan fingerprint density at radius 2 is 1.75 bits per heavy atom. The quantitative estimate of drug-likeness (QED) is 0.895. The Morgan fingerprint density at radius 1 is 1.05 bits per heavy atom. The molecule has 1 aliphatic heterocycles. The molecule has 104 valence electrons. The van der Waals surface area contributed by atoms with Gasteiger partial charge in [-0.25, -0.2) is 0 Å². The van der Waals surface area contributed by atoms with Gasteiger partial charge in [-0.3, -0.25) is 0 Å². The standard InChI is InChI=1S/C17H18ClNO/c18-15-8-4-5-9-16(15)20-17(10-13-11-19-12-13)14-6-2-1-3-7-14/h1-9,13,17,19H,10-12H2. The molecule has 0 amide bonds. The van der Waals surface area contributed by atoms with Crippen molar-refractivity contribution in [3.05, 3.63) is 65.2 Å². The molecule has 0 bridgehead atoms. The summed E-state index contributed by atoms with van der Waals surface area (Å²) < 4.78 is 6.18. The summed E-state index contributed by atoms with van der Waals surface area (Å²) in [6.45, 7) is 2.16. The molecule has 0 spiro atoms. The first kappa shape index (κ1) is 13.5. The van der Waals surface area contributed by atoms with E-state index in [-0.39, 0.29) is 6.10 Å². The lowest BCUT2D eigenvalue weighted by atomic mass is 9.92. The van der Waals surface area contributed by atoms with Gasteiger partial charge < -0.3 is 10.1 Å². The van der Waals surface area contributed by atoms with Crippen molar-refractivity contribution in [1.29, 1.82) is 0 Å². The summed E-state index contributed by atoms with van der Waals surface area (Å²) in [6.07, 6.45) is 1.07. The molecule has 20 heavy (non-hydrogen) atoms. The van der Waals surface area contributed by atoms with Crippen LogP contribution in [-0.2, 0) is 0 Å². The second-order valence-electron chi connectivity index (χ2n) is 5.21. The maximum Gasteiger partial charge on any atom is 0.138 e. The fraction of sp³-hybridized carbons (Fsp3) is 0.294. The smallest absolute Gasteiger partial charge is 0.138 e. The van der Waals surface area contributed by atoms with E-state index in [9.17, 15) is 0 Å². The molecule has 1 fully saturated rings. The van der Waals surface area contributed by atoms with E-state index in [0.29, 0.717) is 10.9 Å². The number of hydrogen-bond acceptors (Lipinski definition) is 2. The summed E-state index contributed by atoms with van der Waals surface area (Å²) in [7, 11) is 0. The molecule has 2 aromatic carbocycles. The van der Waals surface area contributed by atoms with Gasteiger partial charge in [0.25, 0.3) is 0 Å². The molecule has 1 aliphatic rings. The van der Waals surface area contributed by atoms with Gasteiger partial charge in [-0.05, 0) is 43.1 Å². The van der Waals surface area contributed by atoms with Gasteiger partial charge in [0.2, 0.25) is 0 Å². The van der Waals surface area contributed by atoms with Crippen LogP contribution in [0.15, 0.2) is 54.6 Å². The third-order valence-corrected chi connectivity index (χ3v) is 4.00. The topological polar surface area (TPSA) is 21.3 Å². The summed E-state index contributed by atoms with van der Waals surface area (Å²) in [6, 6.07) is 18.0. The second-order valence-corrected chi connectivity index (χ2v) is 5.61. The molecule has 1 heterocycles. The molecule has 1 atom stereocenters. The Morgan fingerprint density at radius 3 is 2.40 bits per heavy atom. The Bertz CT molecular complexity index is 554. The van der Waals surface area contributed by atoms with Crippen molar-refractivity contribution in [1.82, 2.24) is 5.32 Å². The van der Waals surface area contributed by atoms with Crippen LogP contribution in [0.25, 0.3) is 0 Å². The maximum atomic E-state index is 6.20. The Labute approximate surface area is 124 Å². The van der Waals surface area contributed by atoms with Crippen LogP contribution in [0.2, 0.25) is 5.02 Å². The largest absolute Gasteiger partial charge is 0.484 e. The predicted octanol–water partition coefficient (Wildman–Crippen LogP) is 4.07. The van der Waals surface area contributed by atoms with Gasteiger partial charge in [-0.15, -0.1) is 0 Å². The minimum absolute atomic E-state index is 0.0585. The van der Waals surface area contributed by atoms with Crippen LogP contribution in [-0.4, -0.2) is 13.1 Å². The fourth-order valence-electron chi connectivity index (χ4n) is 2.43. The van der Waals surface area contributed by atoms with E-state index in [0.717, 1.165) is 25.3 Å². The molecule has 0 aromatic heterocycles. The van der Waals surface area contributed by atoms with Crippen LogP contribution < -0.4 is 10.1 Å². The van der Waals surface area contributed by atoms with Crippen molar-refractivity contribution in [3.8, 4) is 5.75 Å². The Kier molecular flexibility index (Phi) is 4.24. The van der Waals surface area contributed by atoms with Crippen LogP contribution in [0.4, 0.5) is 0 Å². The highest BCUT2D eigenvalue weighted by molar-refractivity contribution is 6.32. The number of nitrogens with one attached hydrogen (secondary N) is 1. The normalized spacial score (nSPS) is 16.4. The fourth-order valence-corrected chi connectivity index (χ4v) is 2.61. The van der Waals surface area contributed by atoms with E-state index < -0.39 is 0 Å². The van der Waals surface area contributed by atoms with Crippen LogP contribution >= 0.6 is 11.6 Å². The van der Waals surface area contributed by atoms with E-state index in [1.54, 1.807) is 0 Å². The van der Waals surface area contributed by atoms with Crippen molar-refractivity contribution in [2.45, 2.75) is 12.5 Å². The average Bonchev–Trinajstić information content (AvgIpc) is 2.44. The van der Waals surface area contributed by atoms with E-state index in [4.69, 9.17) is 16.3 Å². The van der Waals surface area contributed by atoms with Crippen molar-refractivity contribution < 1.29 is 4.74 Å². The number of halogens is 1. The van der Waals surface area contributed by atoms with Crippen molar-refractivity contribution in [2.24, 2.45) is 5.92 Å². The molecular weight excluding hydrogens is 270 g/mol. The monoisotopic (exact) mass is 287 g/mol. The molecule has 1 unspecified atom stereocenters. The molecule has 3 heteroatoms. The Balaban J connectivity index is 1.80. The van der Waals surface area contributed by atoms with Gasteiger partial charge in [0.15, 0.2) is 0 Å². The molecule has 2 nitrogen and oxygen atoms in total. The summed E-state index contributed by atoms with van der Waals surface area (Å²) in [4.78, 5) is 0. The number of benzene rings is 2. The van der Waals surface area contributed by atoms with Gasteiger partial charge in [0, 0.05) is 0 Å². The van der Waals surface area contributed by atoms with Crippen LogP contribution in [0.1, 0.15) is 18.1 Å². The van der Waals surface area contributed by atoms with E-state index in [2.05, 4.69) is 29.6 Å². The summed E-state index contributed by atoms with van der Waals surface area (Å²) >= 11 is 6.20. The third kappa shape index (κ3) is 3.14. The zero-order valence-electron chi connectivity index (χ0n) is 11.3. The third-order valence-electron chi connectivity index (χ3n) is 3.69. The van der Waals surface area contributed by atoms with Gasteiger partial charge >= 0.3 is 0 Å². The highest BCUT2D eigenvalue weighted by Crippen LogP contribution is 2.32. The van der Waals surface area contributed by atoms with E-state index in [1.807, 2.05) is 30.3 Å². The summed E-state index contributed by atoms with van der Waals surface area (Å²) in [5.41, 5.74) is 1.21. The molecule has 1 N–H and O–H groups in total. The van der Waals surface area contributed by atoms with Crippen LogP contribution in [0, 0.1) is 5.92 Å². The number of para-hydroxylation sites is 1. The lowest BCUT2D eigenvalue weighted by molar-refractivity contribution is 0.149. The first-order valence-electron chi connectivity index (χ1n) is 7.00. The van der Waals surface area contributed by atoms with E-state index >= 15 is 0 Å². The highest BCUT2D eigenvalue weighted by atomic mass is 35.5. The lowest BCUT2D eigenvalue weighted by Gasteiger charge is -2.31. The molecule has 0 aliphatic carbocycles. The highest BCUT2D eigenvalue weighted by Gasteiger charge is 2.24. The lowest BCUT2D eigenvalue weighted by Crippen LogP contribution is -2.43. The number of hydrogen-bond donors (Lipinski definition) is 1. The van der Waals surface area contributed by atoms with Crippen molar-refractivity contribution in [3.63, 3.8) is 0 Å². The Hall–Kier alpha value is -1.51. The van der Waals surface area contributed by atoms with Crippen LogP contribution in [0.3, 0.4) is 0 Å². The summed E-state index contributed by atoms with van der Waals surface area (Å²) in [5.74, 6) is 1.44. The first-order valence-corrected chi connectivity index (χ1v) is 7.37. The molecule has 0 saturated carbocycles. The predicted molar refractivity (Wildman–Crippen MR) is 82.2 cm³/mol. The zero-order chi connectivity index (χ0) is 13.8. The second kappa shape index (κ2) is 6.29. The zero-order valence-corrected chi connectivity index (χ0v) is 12.0. The maximum absolute atomic E-state index is 6.20. The molecule has 2 aromatic rings. The van der Waals surface area contributed by atoms with Gasteiger partial charge in [-0.1, -0.05) is 54.1 Å². The molecule has 3 rings (SSSR count). The molecule has 1 saturated heterocycles. The van der Waals surface area contributed by atoms with Crippen molar-refractivity contribution >= 4 is 11.6 Å². The van der Waals surface area contributed by atoms with Gasteiger partial charge in [-0.2, -0.15) is 0 Å². The molecular formula is C17H18ClNO. The minimum Gasteiger partial charge on any atom is -0.484 e. The summed E-state index contributed by atoms with van der Waals surface area (Å²) in [5, 5.41) is 3.98. The van der Waals surface area contributed by atoms with Crippen molar-refractivity contribution in [2.75, 3.05) is 13.1 Å². The van der Waals surface area contributed by atoms with E-state index in [1.165, 1.54) is 5.56 Å². The number of rotatable bonds is 5. The molecule has 0 radical (unpaired) electrons. The number of ether oxygens (including phenoxy) is 1. The van der Waals surface area contributed by atoms with Crippen LogP contribution in [0.5, 0.6) is 5.75 Å². The SMILES string of the molecule is Clc1ccccc1OC(CC1CNC1)c1ccccc1. The average molecular weight is 288 g/mol. The van der Waals surface area contributed by atoms with Gasteiger partial charge in [0.05, 0.1) is 5.02 Å². The van der Waals surface area contributed by atoms with Gasteiger partial charge in [0.1, 0.15) is 11.9 Å².